The minimum atomic E-state index is 0.135. The highest BCUT2D eigenvalue weighted by Gasteiger charge is 2.29. The SMILES string of the molecule is CC1=C(OCCN2CCCN(c3ccnc4cc(Cl)ccc34)CC2)C(C)SC1=O. The van der Waals surface area contributed by atoms with E-state index in [0.29, 0.717) is 11.6 Å². The third kappa shape index (κ3) is 4.55. The van der Waals surface area contributed by atoms with Crippen LogP contribution >= 0.6 is 23.4 Å². The van der Waals surface area contributed by atoms with Crippen molar-refractivity contribution in [3.8, 4) is 0 Å². The Kier molecular flexibility index (Phi) is 6.32. The Hall–Kier alpha value is -1.76. The van der Waals surface area contributed by atoms with E-state index in [1.165, 1.54) is 17.4 Å². The molecule has 2 aliphatic heterocycles. The Bertz CT molecular complexity index is 949. The van der Waals surface area contributed by atoms with Gasteiger partial charge in [0.05, 0.1) is 10.8 Å². The number of nitrogens with zero attached hydrogens (tertiary/aromatic N) is 3. The molecular weight excluding hydrogens is 406 g/mol. The molecule has 1 unspecified atom stereocenters. The van der Waals surface area contributed by atoms with E-state index in [1.807, 2.05) is 32.2 Å². The van der Waals surface area contributed by atoms with Gasteiger partial charge in [-0.05, 0) is 44.5 Å². The molecule has 0 N–H and O–H groups in total. The van der Waals surface area contributed by atoms with E-state index in [0.717, 1.165) is 61.4 Å². The molecule has 2 aliphatic rings. The van der Waals surface area contributed by atoms with Crippen molar-refractivity contribution in [1.82, 2.24) is 9.88 Å². The van der Waals surface area contributed by atoms with Crippen LogP contribution in [0.2, 0.25) is 5.02 Å². The van der Waals surface area contributed by atoms with Crippen molar-refractivity contribution >= 4 is 45.1 Å². The number of thioether (sulfide) groups is 1. The number of aromatic nitrogens is 1. The highest BCUT2D eigenvalue weighted by Crippen LogP contribution is 2.34. The topological polar surface area (TPSA) is 45.7 Å². The van der Waals surface area contributed by atoms with Gasteiger partial charge >= 0.3 is 0 Å². The zero-order chi connectivity index (χ0) is 20.4. The van der Waals surface area contributed by atoms with E-state index in [9.17, 15) is 4.79 Å². The lowest BCUT2D eigenvalue weighted by molar-refractivity contribution is -0.107. The minimum Gasteiger partial charge on any atom is -0.495 e. The van der Waals surface area contributed by atoms with Crippen LogP contribution in [0.1, 0.15) is 20.3 Å². The van der Waals surface area contributed by atoms with E-state index in [-0.39, 0.29) is 10.4 Å². The predicted octanol–water partition coefficient (Wildman–Crippen LogP) is 4.35. The van der Waals surface area contributed by atoms with Crippen LogP contribution in [-0.2, 0) is 9.53 Å². The molecule has 1 atom stereocenters. The Labute approximate surface area is 181 Å². The first-order chi connectivity index (χ1) is 14.0. The molecule has 0 radical (unpaired) electrons. The summed E-state index contributed by atoms with van der Waals surface area (Å²) >= 11 is 7.48. The fourth-order valence-electron chi connectivity index (χ4n) is 4.04. The van der Waals surface area contributed by atoms with Gasteiger partial charge in [-0.3, -0.25) is 14.7 Å². The third-order valence-corrected chi connectivity index (χ3v) is 6.93. The Morgan fingerprint density at radius 1 is 1.24 bits per heavy atom. The molecule has 4 rings (SSSR count). The number of benzene rings is 1. The fourth-order valence-corrected chi connectivity index (χ4v) is 5.15. The average Bonchev–Trinajstić information content (AvgIpc) is 2.88. The van der Waals surface area contributed by atoms with Gasteiger partial charge < -0.3 is 9.64 Å². The molecule has 0 amide bonds. The number of fused-ring (bicyclic) bond motifs is 1. The first-order valence-electron chi connectivity index (χ1n) is 10.1. The number of hydrogen-bond donors (Lipinski definition) is 0. The maximum absolute atomic E-state index is 11.8. The van der Waals surface area contributed by atoms with Crippen molar-refractivity contribution in [2.24, 2.45) is 0 Å². The number of carbonyl (C=O) groups excluding carboxylic acids is 1. The van der Waals surface area contributed by atoms with Crippen molar-refractivity contribution in [1.29, 1.82) is 0 Å². The molecule has 2 aromatic rings. The predicted molar refractivity (Wildman–Crippen MR) is 121 cm³/mol. The Morgan fingerprint density at radius 3 is 2.90 bits per heavy atom. The molecule has 1 aromatic carbocycles. The monoisotopic (exact) mass is 431 g/mol. The van der Waals surface area contributed by atoms with Crippen molar-refractivity contribution in [2.45, 2.75) is 25.5 Å². The number of anilines is 1. The van der Waals surface area contributed by atoms with Crippen molar-refractivity contribution in [3.63, 3.8) is 0 Å². The molecule has 154 valence electrons. The molecule has 1 saturated heterocycles. The van der Waals surface area contributed by atoms with Gasteiger partial charge in [-0.25, -0.2) is 0 Å². The summed E-state index contributed by atoms with van der Waals surface area (Å²) in [6.07, 6.45) is 2.96. The highest BCUT2D eigenvalue weighted by atomic mass is 35.5. The smallest absolute Gasteiger partial charge is 0.219 e. The van der Waals surface area contributed by atoms with Gasteiger partial charge in [-0.1, -0.05) is 23.4 Å². The van der Waals surface area contributed by atoms with Crippen LogP contribution < -0.4 is 4.90 Å². The Balaban J connectivity index is 1.36. The average molecular weight is 432 g/mol. The van der Waals surface area contributed by atoms with Crippen LogP contribution in [0.5, 0.6) is 0 Å². The zero-order valence-electron chi connectivity index (χ0n) is 16.9. The second kappa shape index (κ2) is 8.94. The number of ether oxygens (including phenoxy) is 1. The molecule has 29 heavy (non-hydrogen) atoms. The van der Waals surface area contributed by atoms with Gasteiger partial charge in [-0.15, -0.1) is 0 Å². The summed E-state index contributed by atoms with van der Waals surface area (Å²) < 4.78 is 5.98. The molecule has 1 aromatic heterocycles. The van der Waals surface area contributed by atoms with Gasteiger partial charge in [-0.2, -0.15) is 0 Å². The van der Waals surface area contributed by atoms with Crippen molar-refractivity contribution < 1.29 is 9.53 Å². The van der Waals surface area contributed by atoms with Crippen LogP contribution in [0.15, 0.2) is 41.8 Å². The first-order valence-corrected chi connectivity index (χ1v) is 11.3. The summed E-state index contributed by atoms with van der Waals surface area (Å²) in [5.41, 5.74) is 2.93. The van der Waals surface area contributed by atoms with Crippen molar-refractivity contribution in [2.75, 3.05) is 44.2 Å². The quantitative estimate of drug-likeness (QED) is 0.701. The maximum atomic E-state index is 11.8. The number of carbonyl (C=O) groups is 1. The van der Waals surface area contributed by atoms with Crippen LogP contribution in [-0.4, -0.2) is 59.6 Å². The number of rotatable bonds is 5. The minimum absolute atomic E-state index is 0.135. The largest absolute Gasteiger partial charge is 0.495 e. The lowest BCUT2D eigenvalue weighted by atomic mass is 10.1. The second-order valence-electron chi connectivity index (χ2n) is 7.56. The van der Waals surface area contributed by atoms with Gasteiger partial charge in [0.25, 0.3) is 0 Å². The van der Waals surface area contributed by atoms with Gasteiger partial charge in [0.1, 0.15) is 12.4 Å². The van der Waals surface area contributed by atoms with E-state index in [2.05, 4.69) is 26.9 Å². The van der Waals surface area contributed by atoms with Crippen LogP contribution in [0.4, 0.5) is 5.69 Å². The summed E-state index contributed by atoms with van der Waals surface area (Å²) in [4.78, 5) is 21.1. The van der Waals surface area contributed by atoms with Crippen LogP contribution in [0.25, 0.3) is 10.9 Å². The molecule has 5 nitrogen and oxygen atoms in total. The molecule has 3 heterocycles. The lowest BCUT2D eigenvalue weighted by Crippen LogP contribution is -2.33. The normalized spacial score (nSPS) is 21.1. The summed E-state index contributed by atoms with van der Waals surface area (Å²) in [5.74, 6) is 0.860. The number of pyridine rings is 1. The first kappa shape index (κ1) is 20.5. The summed E-state index contributed by atoms with van der Waals surface area (Å²) in [6, 6.07) is 8.01. The molecule has 0 saturated carbocycles. The van der Waals surface area contributed by atoms with Gasteiger partial charge in [0.2, 0.25) is 5.12 Å². The maximum Gasteiger partial charge on any atom is 0.219 e. The van der Waals surface area contributed by atoms with Crippen molar-refractivity contribution in [3.05, 3.63) is 46.8 Å². The lowest BCUT2D eigenvalue weighted by Gasteiger charge is -2.25. The molecule has 7 heteroatoms. The second-order valence-corrected chi connectivity index (χ2v) is 9.31. The van der Waals surface area contributed by atoms with Gasteiger partial charge in [0.15, 0.2) is 0 Å². The summed E-state index contributed by atoms with van der Waals surface area (Å²) in [7, 11) is 0. The van der Waals surface area contributed by atoms with E-state index >= 15 is 0 Å². The molecule has 0 aliphatic carbocycles. The fraction of sp³-hybridized carbons (Fsp3) is 0.455. The summed E-state index contributed by atoms with van der Waals surface area (Å²) in [6.45, 7) is 9.43. The van der Waals surface area contributed by atoms with E-state index in [1.54, 1.807) is 0 Å². The standard InChI is InChI=1S/C22H26ClN3O2S/c1-15-21(16(2)29-22(15)27)28-13-12-25-8-3-9-26(11-10-25)20-6-7-24-19-14-17(23)4-5-18(19)20/h4-7,14,16H,3,8-13H2,1-2H3. The number of halogens is 1. The van der Waals surface area contributed by atoms with Crippen LogP contribution in [0, 0.1) is 0 Å². The third-order valence-electron chi connectivity index (χ3n) is 5.60. The summed E-state index contributed by atoms with van der Waals surface area (Å²) in [5, 5.41) is 2.14. The van der Waals surface area contributed by atoms with E-state index < -0.39 is 0 Å². The molecule has 0 spiro atoms. The van der Waals surface area contributed by atoms with E-state index in [4.69, 9.17) is 16.3 Å². The van der Waals surface area contributed by atoms with Gasteiger partial charge in [0, 0.05) is 60.6 Å². The molecule has 0 bridgehead atoms. The zero-order valence-corrected chi connectivity index (χ0v) is 18.4. The molecular formula is C22H26ClN3O2S. The number of hydrogen-bond acceptors (Lipinski definition) is 6. The highest BCUT2D eigenvalue weighted by molar-refractivity contribution is 8.15. The molecule has 1 fully saturated rings. The Morgan fingerprint density at radius 2 is 2.10 bits per heavy atom. The van der Waals surface area contributed by atoms with Crippen LogP contribution in [0.3, 0.4) is 0 Å².